The summed E-state index contributed by atoms with van der Waals surface area (Å²) in [5.41, 5.74) is 5.31. The molecule has 0 spiro atoms. The van der Waals surface area contributed by atoms with Gasteiger partial charge in [0.1, 0.15) is 0 Å². The number of carbonyl (C=O) groups is 1. The van der Waals surface area contributed by atoms with Gasteiger partial charge in [-0.3, -0.25) is 9.69 Å². The summed E-state index contributed by atoms with van der Waals surface area (Å²) in [5, 5.41) is 3.08. The van der Waals surface area contributed by atoms with Crippen molar-refractivity contribution < 1.29 is 13.2 Å². The van der Waals surface area contributed by atoms with Gasteiger partial charge in [0.25, 0.3) is 0 Å². The number of primary amides is 1. The van der Waals surface area contributed by atoms with Gasteiger partial charge in [-0.1, -0.05) is 13.8 Å². The fourth-order valence-corrected chi connectivity index (χ4v) is 3.10. The lowest BCUT2D eigenvalue weighted by molar-refractivity contribution is -0.120. The highest BCUT2D eigenvalue weighted by atomic mass is 32.2. The molecule has 0 aromatic carbocycles. The molecular formula is C10H21N3O3S. The van der Waals surface area contributed by atoms with Crippen LogP contribution in [0.25, 0.3) is 0 Å². The molecule has 6 nitrogen and oxygen atoms in total. The number of nitrogens with zero attached hydrogens (tertiary/aromatic N) is 1. The normalized spacial score (nSPS) is 22.5. The van der Waals surface area contributed by atoms with Gasteiger partial charge in [0.15, 0.2) is 9.84 Å². The topological polar surface area (TPSA) is 92.5 Å². The number of amides is 1. The average molecular weight is 263 g/mol. The first-order valence-corrected chi connectivity index (χ1v) is 7.60. The molecule has 0 aromatic heterocycles. The molecule has 1 aliphatic heterocycles. The van der Waals surface area contributed by atoms with Crippen LogP contribution in [0.4, 0.5) is 0 Å². The van der Waals surface area contributed by atoms with E-state index in [0.717, 1.165) is 0 Å². The third-order valence-electron chi connectivity index (χ3n) is 2.76. The van der Waals surface area contributed by atoms with Crippen LogP contribution in [0.3, 0.4) is 0 Å². The lowest BCUT2D eigenvalue weighted by atomic mass is 10.2. The molecule has 1 unspecified atom stereocenters. The first-order valence-electron chi connectivity index (χ1n) is 5.78. The summed E-state index contributed by atoms with van der Waals surface area (Å²) < 4.78 is 22.5. The zero-order valence-electron chi connectivity index (χ0n) is 10.3. The minimum atomic E-state index is -2.87. The molecule has 1 atom stereocenters. The summed E-state index contributed by atoms with van der Waals surface area (Å²) in [4.78, 5) is 13.2. The molecule has 1 heterocycles. The van der Waals surface area contributed by atoms with Crippen molar-refractivity contribution in [2.24, 2.45) is 5.73 Å². The van der Waals surface area contributed by atoms with E-state index in [1.807, 2.05) is 18.7 Å². The second-order valence-corrected chi connectivity index (χ2v) is 7.03. The van der Waals surface area contributed by atoms with E-state index in [9.17, 15) is 13.2 Å². The summed E-state index contributed by atoms with van der Waals surface area (Å²) >= 11 is 0. The number of nitrogens with two attached hydrogens (primary N) is 1. The molecule has 0 aliphatic carbocycles. The van der Waals surface area contributed by atoms with Crippen molar-refractivity contribution in [1.82, 2.24) is 10.2 Å². The maximum absolute atomic E-state index is 11.3. The number of rotatable bonds is 5. The van der Waals surface area contributed by atoms with Gasteiger partial charge in [0.05, 0.1) is 17.5 Å². The van der Waals surface area contributed by atoms with Crippen LogP contribution in [0.15, 0.2) is 0 Å². The zero-order valence-corrected chi connectivity index (χ0v) is 11.2. The monoisotopic (exact) mass is 263 g/mol. The Balaban J connectivity index is 2.49. The van der Waals surface area contributed by atoms with Crippen LogP contribution in [-0.4, -0.2) is 62.4 Å². The van der Waals surface area contributed by atoms with Gasteiger partial charge in [-0.25, -0.2) is 8.42 Å². The molecule has 0 saturated carbocycles. The van der Waals surface area contributed by atoms with E-state index in [0.29, 0.717) is 19.6 Å². The number of hydrogen-bond donors (Lipinski definition) is 2. The maximum atomic E-state index is 11.3. The molecule has 3 N–H and O–H groups in total. The summed E-state index contributed by atoms with van der Waals surface area (Å²) in [5.74, 6) is -0.0625. The Labute approximate surface area is 102 Å². The Morgan fingerprint density at radius 3 is 2.29 bits per heavy atom. The molecule has 1 aliphatic rings. The fourth-order valence-electron chi connectivity index (χ4n) is 1.82. The summed E-state index contributed by atoms with van der Waals surface area (Å²) in [6.07, 6.45) is 0. The molecule has 0 aromatic rings. The molecule has 7 heteroatoms. The van der Waals surface area contributed by atoms with E-state index in [1.54, 1.807) is 0 Å². The maximum Gasteiger partial charge on any atom is 0.235 e. The molecule has 0 radical (unpaired) electrons. The van der Waals surface area contributed by atoms with Crippen molar-refractivity contribution in [1.29, 1.82) is 0 Å². The molecule has 0 bridgehead atoms. The fraction of sp³-hybridized carbons (Fsp3) is 0.900. The number of carbonyl (C=O) groups excluding carboxylic acids is 1. The van der Waals surface area contributed by atoms with E-state index in [1.165, 1.54) is 0 Å². The van der Waals surface area contributed by atoms with Gasteiger partial charge in [0, 0.05) is 25.7 Å². The second-order valence-electron chi connectivity index (χ2n) is 4.73. The molecule has 100 valence electrons. The van der Waals surface area contributed by atoms with Gasteiger partial charge in [-0.05, 0) is 0 Å². The standard InChI is InChI=1S/C10H21N3O3S/c1-8(2)12-9(10(11)14)7-13-3-5-17(15,16)6-4-13/h8-9,12H,3-7H2,1-2H3,(H2,11,14). The minimum Gasteiger partial charge on any atom is -0.368 e. The van der Waals surface area contributed by atoms with Crippen LogP contribution in [0.2, 0.25) is 0 Å². The molecule has 1 rings (SSSR count). The molecule has 1 amide bonds. The predicted octanol–water partition coefficient (Wildman–Crippen LogP) is -1.43. The Kier molecular flexibility index (Phi) is 4.91. The highest BCUT2D eigenvalue weighted by molar-refractivity contribution is 7.91. The zero-order chi connectivity index (χ0) is 13.1. The molecule has 1 fully saturated rings. The molecule has 17 heavy (non-hydrogen) atoms. The Bertz CT molecular complexity index is 353. The van der Waals surface area contributed by atoms with Crippen molar-refractivity contribution in [2.75, 3.05) is 31.1 Å². The van der Waals surface area contributed by atoms with Crippen LogP contribution in [-0.2, 0) is 14.6 Å². The smallest absolute Gasteiger partial charge is 0.235 e. The predicted molar refractivity (Wildman–Crippen MR) is 66.3 cm³/mol. The summed E-state index contributed by atoms with van der Waals surface area (Å²) in [7, 11) is -2.87. The van der Waals surface area contributed by atoms with Gasteiger partial charge in [-0.15, -0.1) is 0 Å². The van der Waals surface area contributed by atoms with E-state index in [4.69, 9.17) is 5.73 Å². The van der Waals surface area contributed by atoms with Gasteiger partial charge < -0.3 is 11.1 Å². The van der Waals surface area contributed by atoms with E-state index < -0.39 is 21.8 Å². The average Bonchev–Trinajstić information content (AvgIpc) is 2.19. The third kappa shape index (κ3) is 5.01. The molecular weight excluding hydrogens is 242 g/mol. The highest BCUT2D eigenvalue weighted by Crippen LogP contribution is 2.04. The lowest BCUT2D eigenvalue weighted by Gasteiger charge is -2.30. The quantitative estimate of drug-likeness (QED) is 0.634. The number of hydrogen-bond acceptors (Lipinski definition) is 5. The van der Waals surface area contributed by atoms with E-state index >= 15 is 0 Å². The Morgan fingerprint density at radius 2 is 1.88 bits per heavy atom. The Morgan fingerprint density at radius 1 is 1.35 bits per heavy atom. The lowest BCUT2D eigenvalue weighted by Crippen LogP contribution is -2.53. The van der Waals surface area contributed by atoms with Crippen LogP contribution in [0.5, 0.6) is 0 Å². The van der Waals surface area contributed by atoms with Gasteiger partial charge in [-0.2, -0.15) is 0 Å². The SMILES string of the molecule is CC(C)NC(CN1CCS(=O)(=O)CC1)C(N)=O. The van der Waals surface area contributed by atoms with Crippen molar-refractivity contribution >= 4 is 15.7 Å². The molecule has 1 saturated heterocycles. The largest absolute Gasteiger partial charge is 0.368 e. The number of sulfone groups is 1. The van der Waals surface area contributed by atoms with Crippen LogP contribution in [0.1, 0.15) is 13.8 Å². The van der Waals surface area contributed by atoms with Gasteiger partial charge >= 0.3 is 0 Å². The van der Waals surface area contributed by atoms with Crippen molar-refractivity contribution in [3.8, 4) is 0 Å². The van der Waals surface area contributed by atoms with Crippen molar-refractivity contribution in [3.63, 3.8) is 0 Å². The Hall–Kier alpha value is -0.660. The number of nitrogens with one attached hydrogen (secondary N) is 1. The third-order valence-corrected chi connectivity index (χ3v) is 4.36. The van der Waals surface area contributed by atoms with Crippen molar-refractivity contribution in [2.45, 2.75) is 25.9 Å². The van der Waals surface area contributed by atoms with E-state index in [-0.39, 0.29) is 17.5 Å². The van der Waals surface area contributed by atoms with Crippen LogP contribution >= 0.6 is 0 Å². The van der Waals surface area contributed by atoms with E-state index in [2.05, 4.69) is 5.32 Å². The van der Waals surface area contributed by atoms with Gasteiger partial charge in [0.2, 0.25) is 5.91 Å². The van der Waals surface area contributed by atoms with Crippen molar-refractivity contribution in [3.05, 3.63) is 0 Å². The first kappa shape index (κ1) is 14.4. The second kappa shape index (κ2) is 5.79. The van der Waals surface area contributed by atoms with Crippen LogP contribution < -0.4 is 11.1 Å². The van der Waals surface area contributed by atoms with Crippen LogP contribution in [0, 0.1) is 0 Å². The highest BCUT2D eigenvalue weighted by Gasteiger charge is 2.25. The minimum absolute atomic E-state index is 0.167. The summed E-state index contributed by atoms with van der Waals surface area (Å²) in [6.45, 7) is 5.31. The summed E-state index contributed by atoms with van der Waals surface area (Å²) in [6, 6.07) is -0.253. The first-order chi connectivity index (χ1) is 7.80.